The summed E-state index contributed by atoms with van der Waals surface area (Å²) in [6.07, 6.45) is 8.45. The zero-order valence-corrected chi connectivity index (χ0v) is 19.6. The predicted octanol–water partition coefficient (Wildman–Crippen LogP) is 1.37. The second kappa shape index (κ2) is 9.42. The zero-order valence-electron chi connectivity index (χ0n) is 19.6. The van der Waals surface area contributed by atoms with Gasteiger partial charge in [0.15, 0.2) is 11.5 Å². The van der Waals surface area contributed by atoms with E-state index in [1.165, 1.54) is 0 Å². The molecule has 1 saturated heterocycles. The predicted molar refractivity (Wildman–Crippen MR) is 122 cm³/mol. The van der Waals surface area contributed by atoms with E-state index in [-0.39, 0.29) is 30.4 Å². The van der Waals surface area contributed by atoms with Gasteiger partial charge < -0.3 is 20.5 Å². The molecule has 1 saturated carbocycles. The van der Waals surface area contributed by atoms with Crippen LogP contribution in [0.2, 0.25) is 0 Å². The molecule has 1 amide bonds. The van der Waals surface area contributed by atoms with Crippen LogP contribution in [-0.4, -0.2) is 63.5 Å². The zero-order chi connectivity index (χ0) is 23.8. The van der Waals surface area contributed by atoms with E-state index in [4.69, 9.17) is 15.2 Å². The standard InChI is InChI=1S/C24H32N6O4/c1-13(2)20(25)24(32)34-12-18(14-3-7-33-8-4-14)28-23(31)21-17-10-15-9-16(15)22(17)30(29-21)19-11-26-5-6-27-19/h5-6,11,13-16,18,20H,3-4,7-10,12,25H2,1-2H3,(H,28,31)/t15-,16-,18-,20+/m1/s1. The maximum atomic E-state index is 13.5. The molecule has 182 valence electrons. The first-order valence-electron chi connectivity index (χ1n) is 12.1. The lowest BCUT2D eigenvalue weighted by Crippen LogP contribution is -2.47. The summed E-state index contributed by atoms with van der Waals surface area (Å²) in [6.45, 7) is 5.07. The largest absolute Gasteiger partial charge is 0.462 e. The lowest BCUT2D eigenvalue weighted by molar-refractivity contribution is -0.147. The third-order valence-electron chi connectivity index (χ3n) is 7.29. The number of rotatable bonds is 8. The van der Waals surface area contributed by atoms with Crippen LogP contribution >= 0.6 is 0 Å². The monoisotopic (exact) mass is 468 g/mol. The van der Waals surface area contributed by atoms with E-state index in [2.05, 4.69) is 20.4 Å². The van der Waals surface area contributed by atoms with E-state index in [0.29, 0.717) is 36.6 Å². The van der Waals surface area contributed by atoms with Crippen LogP contribution in [0.5, 0.6) is 0 Å². The molecule has 3 heterocycles. The topological polar surface area (TPSA) is 134 Å². The molecule has 34 heavy (non-hydrogen) atoms. The Morgan fingerprint density at radius 2 is 2.09 bits per heavy atom. The van der Waals surface area contributed by atoms with Crippen molar-refractivity contribution in [1.29, 1.82) is 0 Å². The van der Waals surface area contributed by atoms with Crippen LogP contribution in [-0.2, 0) is 20.7 Å². The van der Waals surface area contributed by atoms with Gasteiger partial charge in [0, 0.05) is 37.1 Å². The quantitative estimate of drug-likeness (QED) is 0.555. The third kappa shape index (κ3) is 4.44. The van der Waals surface area contributed by atoms with Crippen LogP contribution in [0.15, 0.2) is 18.6 Å². The number of aromatic nitrogens is 4. The summed E-state index contributed by atoms with van der Waals surface area (Å²) in [5, 5.41) is 7.80. The molecule has 0 spiro atoms. The van der Waals surface area contributed by atoms with Gasteiger partial charge >= 0.3 is 5.97 Å². The number of nitrogens with zero attached hydrogens (tertiary/aromatic N) is 4. The van der Waals surface area contributed by atoms with Crippen LogP contribution < -0.4 is 11.1 Å². The van der Waals surface area contributed by atoms with Crippen molar-refractivity contribution in [2.75, 3.05) is 19.8 Å². The molecule has 0 radical (unpaired) electrons. The summed E-state index contributed by atoms with van der Waals surface area (Å²) in [5.41, 5.74) is 8.44. The van der Waals surface area contributed by atoms with Crippen molar-refractivity contribution >= 4 is 11.9 Å². The summed E-state index contributed by atoms with van der Waals surface area (Å²) in [6, 6.07) is -1.03. The molecule has 10 nitrogen and oxygen atoms in total. The van der Waals surface area contributed by atoms with Gasteiger partial charge in [0.05, 0.1) is 17.9 Å². The van der Waals surface area contributed by atoms with Gasteiger partial charge in [-0.15, -0.1) is 0 Å². The van der Waals surface area contributed by atoms with Gasteiger partial charge in [0.25, 0.3) is 5.91 Å². The maximum Gasteiger partial charge on any atom is 0.323 e. The number of carbonyl (C=O) groups is 2. The van der Waals surface area contributed by atoms with E-state index in [1.807, 2.05) is 13.8 Å². The highest BCUT2D eigenvalue weighted by atomic mass is 16.5. The highest BCUT2D eigenvalue weighted by Crippen LogP contribution is 2.57. The first kappa shape index (κ1) is 22.9. The average Bonchev–Trinajstić information content (AvgIpc) is 3.36. The van der Waals surface area contributed by atoms with Gasteiger partial charge in [0.1, 0.15) is 12.6 Å². The van der Waals surface area contributed by atoms with Crippen LogP contribution in [0.1, 0.15) is 60.8 Å². The van der Waals surface area contributed by atoms with Crippen molar-refractivity contribution in [3.05, 3.63) is 35.5 Å². The van der Waals surface area contributed by atoms with E-state index in [1.54, 1.807) is 23.3 Å². The highest BCUT2D eigenvalue weighted by molar-refractivity contribution is 5.94. The van der Waals surface area contributed by atoms with Crippen molar-refractivity contribution < 1.29 is 19.1 Å². The molecule has 1 aliphatic heterocycles. The highest BCUT2D eigenvalue weighted by Gasteiger charge is 2.50. The molecule has 3 N–H and O–H groups in total. The summed E-state index contributed by atoms with van der Waals surface area (Å²) in [7, 11) is 0. The molecule has 0 bridgehead atoms. The fourth-order valence-electron chi connectivity index (χ4n) is 5.06. The second-order valence-electron chi connectivity index (χ2n) is 9.92. The minimum Gasteiger partial charge on any atom is -0.462 e. The van der Waals surface area contributed by atoms with Gasteiger partial charge in [-0.1, -0.05) is 13.8 Å². The van der Waals surface area contributed by atoms with E-state index in [0.717, 1.165) is 36.9 Å². The summed E-state index contributed by atoms with van der Waals surface area (Å²) in [4.78, 5) is 34.4. The van der Waals surface area contributed by atoms with E-state index >= 15 is 0 Å². The van der Waals surface area contributed by atoms with Crippen LogP contribution in [0.25, 0.3) is 5.82 Å². The number of hydrogen-bond acceptors (Lipinski definition) is 8. The fraction of sp³-hybridized carbons (Fsp3) is 0.625. The number of amides is 1. The first-order valence-corrected chi connectivity index (χ1v) is 12.1. The van der Waals surface area contributed by atoms with Crippen LogP contribution in [0.4, 0.5) is 0 Å². The molecule has 2 aliphatic carbocycles. The Kier molecular flexibility index (Phi) is 6.35. The molecule has 5 rings (SSSR count). The number of esters is 1. The normalized spacial score (nSPS) is 23.2. The number of hydrogen-bond donors (Lipinski definition) is 2. The number of carbonyl (C=O) groups excluding carboxylic acids is 2. The molecular weight excluding hydrogens is 436 g/mol. The molecule has 2 fully saturated rings. The number of fused-ring (bicyclic) bond motifs is 3. The summed E-state index contributed by atoms with van der Waals surface area (Å²) >= 11 is 0. The Balaban J connectivity index is 1.36. The number of nitrogens with one attached hydrogen (secondary N) is 1. The van der Waals surface area contributed by atoms with Crippen molar-refractivity contribution in [2.45, 2.75) is 57.5 Å². The summed E-state index contributed by atoms with van der Waals surface area (Å²) < 4.78 is 12.8. The molecule has 4 atom stereocenters. The molecule has 2 aromatic rings. The Morgan fingerprint density at radius 1 is 1.29 bits per heavy atom. The summed E-state index contributed by atoms with van der Waals surface area (Å²) in [5.74, 6) is 1.04. The van der Waals surface area contributed by atoms with Crippen molar-refractivity contribution in [1.82, 2.24) is 25.1 Å². The molecule has 10 heteroatoms. The van der Waals surface area contributed by atoms with E-state index < -0.39 is 12.0 Å². The van der Waals surface area contributed by atoms with Crippen molar-refractivity contribution in [2.24, 2.45) is 23.5 Å². The van der Waals surface area contributed by atoms with Crippen molar-refractivity contribution in [3.8, 4) is 5.82 Å². The average molecular weight is 469 g/mol. The van der Waals surface area contributed by atoms with Gasteiger partial charge in [0.2, 0.25) is 0 Å². The molecule has 0 aromatic carbocycles. The molecule has 0 unspecified atom stereocenters. The molecule has 2 aromatic heterocycles. The van der Waals surface area contributed by atoms with Gasteiger partial charge in [-0.05, 0) is 43.4 Å². The van der Waals surface area contributed by atoms with Crippen LogP contribution in [0, 0.1) is 17.8 Å². The van der Waals surface area contributed by atoms with E-state index in [9.17, 15) is 9.59 Å². The Labute approximate surface area is 198 Å². The Hall–Kier alpha value is -2.85. The van der Waals surface area contributed by atoms with Gasteiger partial charge in [-0.3, -0.25) is 14.6 Å². The van der Waals surface area contributed by atoms with Crippen LogP contribution in [0.3, 0.4) is 0 Å². The van der Waals surface area contributed by atoms with Gasteiger partial charge in [-0.2, -0.15) is 5.10 Å². The second-order valence-corrected chi connectivity index (χ2v) is 9.92. The lowest BCUT2D eigenvalue weighted by atomic mass is 9.92. The number of ether oxygens (including phenoxy) is 2. The SMILES string of the molecule is CC(C)[C@H](N)C(=O)OC[C@@H](NC(=O)c1nn(-c2cnccn2)c2c1C[C@H]1C[C@@H]21)C1CCOCC1. The molecular formula is C24H32N6O4. The maximum absolute atomic E-state index is 13.5. The smallest absolute Gasteiger partial charge is 0.323 e. The third-order valence-corrected chi connectivity index (χ3v) is 7.29. The van der Waals surface area contributed by atoms with Gasteiger partial charge in [-0.25, -0.2) is 9.67 Å². The Bertz CT molecular complexity index is 1050. The van der Waals surface area contributed by atoms with Crippen molar-refractivity contribution in [3.63, 3.8) is 0 Å². The minimum absolute atomic E-state index is 0.0253. The number of nitrogens with two attached hydrogens (primary N) is 1. The molecule has 3 aliphatic rings. The first-order chi connectivity index (χ1) is 16.4. The lowest BCUT2D eigenvalue weighted by Gasteiger charge is -2.31. The fourth-order valence-corrected chi connectivity index (χ4v) is 5.06. The minimum atomic E-state index is -0.691. The Morgan fingerprint density at radius 3 is 2.79 bits per heavy atom.